The molecule has 0 radical (unpaired) electrons. The predicted octanol–water partition coefficient (Wildman–Crippen LogP) is 3.34. The number of imidazole rings is 1. The molecule has 0 unspecified atom stereocenters. The second-order valence-corrected chi connectivity index (χ2v) is 5.69. The summed E-state index contributed by atoms with van der Waals surface area (Å²) >= 11 is 0. The van der Waals surface area contributed by atoms with Gasteiger partial charge in [-0.1, -0.05) is 18.2 Å². The minimum Gasteiger partial charge on any atom is -0.465 e. The van der Waals surface area contributed by atoms with E-state index in [0.29, 0.717) is 12.3 Å². The fraction of sp³-hybridized carbons (Fsp3) is 0.0500. The Morgan fingerprint density at radius 2 is 2.04 bits per heavy atom. The van der Waals surface area contributed by atoms with Gasteiger partial charge in [0.2, 0.25) is 5.91 Å². The average Bonchev–Trinajstić information content (AvgIpc) is 3.35. The molecular weight excluding hydrogens is 328 g/mol. The summed E-state index contributed by atoms with van der Waals surface area (Å²) in [6.45, 7) is 0.402. The number of aromatic nitrogens is 3. The monoisotopic (exact) mass is 344 g/mol. The van der Waals surface area contributed by atoms with E-state index in [1.165, 1.54) is 6.08 Å². The fourth-order valence-electron chi connectivity index (χ4n) is 2.60. The lowest BCUT2D eigenvalue weighted by Gasteiger charge is -2.06. The van der Waals surface area contributed by atoms with Crippen LogP contribution in [0.25, 0.3) is 22.9 Å². The molecule has 3 aromatic heterocycles. The summed E-state index contributed by atoms with van der Waals surface area (Å²) in [5.41, 5.74) is 2.84. The van der Waals surface area contributed by atoms with Crippen LogP contribution in [-0.2, 0) is 11.3 Å². The Labute approximate surface area is 149 Å². The highest BCUT2D eigenvalue weighted by Crippen LogP contribution is 2.16. The van der Waals surface area contributed by atoms with Crippen molar-refractivity contribution in [3.63, 3.8) is 0 Å². The van der Waals surface area contributed by atoms with Gasteiger partial charge in [-0.05, 0) is 42.0 Å². The number of amides is 1. The third-order valence-electron chi connectivity index (χ3n) is 3.92. The summed E-state index contributed by atoms with van der Waals surface area (Å²) in [4.78, 5) is 20.7. The van der Waals surface area contributed by atoms with Crippen LogP contribution in [0.15, 0.2) is 77.8 Å². The number of pyridine rings is 1. The largest absolute Gasteiger partial charge is 0.465 e. The molecule has 0 saturated heterocycles. The number of para-hydroxylation sites is 2. The number of carbonyl (C=O) groups excluding carboxylic acids is 1. The van der Waals surface area contributed by atoms with Crippen molar-refractivity contribution in [2.45, 2.75) is 6.54 Å². The van der Waals surface area contributed by atoms with Crippen molar-refractivity contribution in [1.82, 2.24) is 19.9 Å². The third kappa shape index (κ3) is 3.39. The van der Waals surface area contributed by atoms with Gasteiger partial charge in [-0.25, -0.2) is 9.97 Å². The number of nitrogens with one attached hydrogen (secondary N) is 1. The Hall–Kier alpha value is -3.67. The molecule has 0 spiro atoms. The zero-order valence-electron chi connectivity index (χ0n) is 13.9. The quantitative estimate of drug-likeness (QED) is 0.564. The van der Waals surface area contributed by atoms with E-state index in [0.717, 1.165) is 22.4 Å². The van der Waals surface area contributed by atoms with Gasteiger partial charge >= 0.3 is 0 Å². The van der Waals surface area contributed by atoms with Crippen LogP contribution in [0.4, 0.5) is 0 Å². The van der Waals surface area contributed by atoms with Gasteiger partial charge in [-0.2, -0.15) is 0 Å². The third-order valence-corrected chi connectivity index (χ3v) is 3.92. The fourth-order valence-corrected chi connectivity index (χ4v) is 2.60. The van der Waals surface area contributed by atoms with Crippen molar-refractivity contribution in [2.75, 3.05) is 0 Å². The number of nitrogens with zero attached hydrogens (tertiary/aromatic N) is 3. The van der Waals surface area contributed by atoms with Crippen molar-refractivity contribution in [3.05, 3.63) is 84.7 Å². The molecule has 0 aliphatic heterocycles. The summed E-state index contributed by atoms with van der Waals surface area (Å²) < 4.78 is 7.08. The van der Waals surface area contributed by atoms with Crippen LogP contribution in [0, 0.1) is 0 Å². The van der Waals surface area contributed by atoms with Crippen molar-refractivity contribution in [1.29, 1.82) is 0 Å². The van der Waals surface area contributed by atoms with E-state index in [1.54, 1.807) is 37.0 Å². The maximum Gasteiger partial charge on any atom is 0.244 e. The Bertz CT molecular complexity index is 1050. The molecule has 4 rings (SSSR count). The lowest BCUT2D eigenvalue weighted by atomic mass is 10.2. The maximum atomic E-state index is 11.8. The van der Waals surface area contributed by atoms with Gasteiger partial charge in [0.05, 0.1) is 17.3 Å². The van der Waals surface area contributed by atoms with Crippen LogP contribution in [-0.4, -0.2) is 20.4 Å². The molecule has 1 N–H and O–H groups in total. The van der Waals surface area contributed by atoms with Crippen LogP contribution in [0.3, 0.4) is 0 Å². The van der Waals surface area contributed by atoms with E-state index in [1.807, 2.05) is 41.0 Å². The van der Waals surface area contributed by atoms with Crippen molar-refractivity contribution < 1.29 is 9.21 Å². The zero-order valence-corrected chi connectivity index (χ0v) is 13.9. The average molecular weight is 344 g/mol. The molecule has 3 heterocycles. The molecule has 6 heteroatoms. The van der Waals surface area contributed by atoms with Crippen LogP contribution in [0.1, 0.15) is 11.3 Å². The smallest absolute Gasteiger partial charge is 0.244 e. The Morgan fingerprint density at radius 3 is 2.85 bits per heavy atom. The Morgan fingerprint density at radius 1 is 1.12 bits per heavy atom. The molecule has 0 aliphatic rings. The van der Waals surface area contributed by atoms with E-state index in [-0.39, 0.29) is 5.91 Å². The Kier molecular flexibility index (Phi) is 4.30. The number of benzene rings is 1. The molecule has 26 heavy (non-hydrogen) atoms. The minimum atomic E-state index is -0.189. The highest BCUT2D eigenvalue weighted by Gasteiger charge is 2.05. The van der Waals surface area contributed by atoms with Crippen molar-refractivity contribution >= 4 is 23.0 Å². The van der Waals surface area contributed by atoms with E-state index in [2.05, 4.69) is 15.3 Å². The van der Waals surface area contributed by atoms with Gasteiger partial charge in [0.15, 0.2) is 0 Å². The first kappa shape index (κ1) is 15.8. The molecule has 0 bridgehead atoms. The number of furan rings is 1. The summed E-state index contributed by atoms with van der Waals surface area (Å²) in [6, 6.07) is 15.3. The van der Waals surface area contributed by atoms with Gasteiger partial charge in [0.1, 0.15) is 17.9 Å². The Balaban J connectivity index is 1.41. The van der Waals surface area contributed by atoms with Crippen molar-refractivity contribution in [2.24, 2.45) is 0 Å². The molecule has 0 saturated carbocycles. The highest BCUT2D eigenvalue weighted by atomic mass is 16.3. The topological polar surface area (TPSA) is 73.0 Å². The van der Waals surface area contributed by atoms with E-state index in [4.69, 9.17) is 4.42 Å². The second kappa shape index (κ2) is 7.06. The van der Waals surface area contributed by atoms with E-state index < -0.39 is 0 Å². The predicted molar refractivity (Wildman–Crippen MR) is 98.5 cm³/mol. The number of hydrogen-bond acceptors (Lipinski definition) is 4. The summed E-state index contributed by atoms with van der Waals surface area (Å²) in [5.74, 6) is 1.23. The molecule has 6 nitrogen and oxygen atoms in total. The lowest BCUT2D eigenvalue weighted by molar-refractivity contribution is -0.116. The summed E-state index contributed by atoms with van der Waals surface area (Å²) in [5, 5.41) is 2.82. The van der Waals surface area contributed by atoms with Crippen LogP contribution in [0.2, 0.25) is 0 Å². The molecule has 1 aromatic carbocycles. The molecule has 4 aromatic rings. The SMILES string of the molecule is O=C(/C=C\c1ccco1)NCc1ccc(-n2cnc3ccccc32)nc1. The number of hydrogen-bond donors (Lipinski definition) is 1. The van der Waals surface area contributed by atoms with E-state index >= 15 is 0 Å². The van der Waals surface area contributed by atoms with Crippen LogP contribution >= 0.6 is 0 Å². The van der Waals surface area contributed by atoms with Gasteiger partial charge in [-0.15, -0.1) is 0 Å². The molecule has 0 aliphatic carbocycles. The summed E-state index contributed by atoms with van der Waals surface area (Å²) in [7, 11) is 0. The lowest BCUT2D eigenvalue weighted by Crippen LogP contribution is -2.20. The van der Waals surface area contributed by atoms with Crippen LogP contribution < -0.4 is 5.32 Å². The van der Waals surface area contributed by atoms with Crippen molar-refractivity contribution in [3.8, 4) is 5.82 Å². The molecule has 0 atom stereocenters. The second-order valence-electron chi connectivity index (χ2n) is 5.69. The molecular formula is C20H16N4O2. The number of carbonyl (C=O) groups is 1. The van der Waals surface area contributed by atoms with Gasteiger partial charge < -0.3 is 9.73 Å². The molecule has 0 fully saturated rings. The first-order valence-electron chi connectivity index (χ1n) is 8.16. The standard InChI is InChI=1S/C20H16N4O2/c25-20(10-8-16-4-3-11-26-16)22-13-15-7-9-19(21-12-15)24-14-23-17-5-1-2-6-18(17)24/h1-12,14H,13H2,(H,22,25)/b10-8-. The normalized spacial score (nSPS) is 11.2. The molecule has 128 valence electrons. The van der Waals surface area contributed by atoms with E-state index in [9.17, 15) is 4.79 Å². The first-order valence-corrected chi connectivity index (χ1v) is 8.16. The van der Waals surface area contributed by atoms with Gasteiger partial charge in [0, 0.05) is 18.8 Å². The minimum absolute atomic E-state index is 0.189. The molecule has 1 amide bonds. The number of fused-ring (bicyclic) bond motifs is 1. The summed E-state index contributed by atoms with van der Waals surface area (Å²) in [6.07, 6.45) is 8.14. The zero-order chi connectivity index (χ0) is 17.8. The van der Waals surface area contributed by atoms with Crippen LogP contribution in [0.5, 0.6) is 0 Å². The highest BCUT2D eigenvalue weighted by molar-refractivity contribution is 5.91. The maximum absolute atomic E-state index is 11.8. The number of rotatable bonds is 5. The van der Waals surface area contributed by atoms with Gasteiger partial charge in [-0.3, -0.25) is 9.36 Å². The van der Waals surface area contributed by atoms with Gasteiger partial charge in [0.25, 0.3) is 0 Å². The first-order chi connectivity index (χ1) is 12.8.